The molecular weight excluding hydrogens is 219 g/mol. The molecule has 1 unspecified atom stereocenters. The molecule has 1 aromatic carbocycles. The van der Waals surface area contributed by atoms with Gasteiger partial charge in [-0.2, -0.15) is 0 Å². The number of halogens is 1. The van der Waals surface area contributed by atoms with E-state index in [4.69, 9.17) is 0 Å². The van der Waals surface area contributed by atoms with Crippen LogP contribution in [0.25, 0.3) is 0 Å². The van der Waals surface area contributed by atoms with Gasteiger partial charge in [-0.15, -0.1) is 0 Å². The van der Waals surface area contributed by atoms with Gasteiger partial charge in [0.15, 0.2) is 0 Å². The summed E-state index contributed by atoms with van der Waals surface area (Å²) >= 11 is 0. The van der Waals surface area contributed by atoms with Crippen molar-refractivity contribution in [2.45, 2.75) is 19.4 Å². The van der Waals surface area contributed by atoms with Crippen LogP contribution in [0.5, 0.6) is 0 Å². The Bertz CT molecular complexity index is 362. The Morgan fingerprint density at radius 2 is 1.94 bits per heavy atom. The van der Waals surface area contributed by atoms with Crippen LogP contribution in [0.2, 0.25) is 0 Å². The van der Waals surface area contributed by atoms with Crippen LogP contribution >= 0.6 is 0 Å². The van der Waals surface area contributed by atoms with Crippen LogP contribution in [0, 0.1) is 5.82 Å². The molecule has 0 aromatic heterocycles. The minimum Gasteiger partial charge on any atom is -0.348 e. The van der Waals surface area contributed by atoms with Gasteiger partial charge < -0.3 is 10.2 Å². The van der Waals surface area contributed by atoms with Gasteiger partial charge in [-0.05, 0) is 31.0 Å². The average molecular weight is 238 g/mol. The van der Waals surface area contributed by atoms with Crippen LogP contribution in [0.15, 0.2) is 24.3 Å². The number of rotatable bonds is 5. The highest BCUT2D eigenvalue weighted by atomic mass is 19.1. The third-order valence-corrected chi connectivity index (χ3v) is 2.56. The second-order valence-corrected chi connectivity index (χ2v) is 4.40. The van der Waals surface area contributed by atoms with Crippen LogP contribution in [0.3, 0.4) is 0 Å². The van der Waals surface area contributed by atoms with Gasteiger partial charge in [0.2, 0.25) is 5.91 Å². The highest BCUT2D eigenvalue weighted by Crippen LogP contribution is 2.05. The second-order valence-electron chi connectivity index (χ2n) is 4.40. The van der Waals surface area contributed by atoms with E-state index in [-0.39, 0.29) is 17.8 Å². The van der Waals surface area contributed by atoms with Gasteiger partial charge in [-0.1, -0.05) is 12.1 Å². The number of carbonyl (C=O) groups excluding carboxylic acids is 1. The average Bonchev–Trinajstić information content (AvgIpc) is 2.29. The molecule has 0 aliphatic heterocycles. The highest BCUT2D eigenvalue weighted by Gasteiger charge is 2.07. The van der Waals surface area contributed by atoms with Gasteiger partial charge in [-0.3, -0.25) is 4.79 Å². The van der Waals surface area contributed by atoms with Crippen LogP contribution < -0.4 is 5.32 Å². The summed E-state index contributed by atoms with van der Waals surface area (Å²) in [5.41, 5.74) is 1.06. The first kappa shape index (κ1) is 13.6. The van der Waals surface area contributed by atoms with Crippen molar-refractivity contribution in [3.63, 3.8) is 0 Å². The number of hydrogen-bond acceptors (Lipinski definition) is 2. The summed E-state index contributed by atoms with van der Waals surface area (Å²) in [5.74, 6) is -0.173. The van der Waals surface area contributed by atoms with Crippen molar-refractivity contribution in [2.75, 3.05) is 20.6 Å². The first-order valence-electron chi connectivity index (χ1n) is 5.67. The summed E-state index contributed by atoms with van der Waals surface area (Å²) in [6, 6.07) is 6.62. The molecule has 0 saturated heterocycles. The van der Waals surface area contributed by atoms with E-state index in [0.717, 1.165) is 12.0 Å². The fraction of sp³-hybridized carbons (Fsp3) is 0.462. The van der Waals surface area contributed by atoms with Crippen LogP contribution in [-0.4, -0.2) is 37.5 Å². The molecule has 1 aromatic rings. The molecule has 17 heavy (non-hydrogen) atoms. The van der Waals surface area contributed by atoms with Crippen LogP contribution in [0.4, 0.5) is 4.39 Å². The van der Waals surface area contributed by atoms with E-state index in [1.54, 1.807) is 31.1 Å². The number of carbonyl (C=O) groups is 1. The van der Waals surface area contributed by atoms with Crippen LogP contribution in [0.1, 0.15) is 12.5 Å². The fourth-order valence-corrected chi connectivity index (χ4v) is 1.47. The van der Waals surface area contributed by atoms with E-state index in [9.17, 15) is 9.18 Å². The first-order chi connectivity index (χ1) is 7.99. The summed E-state index contributed by atoms with van der Waals surface area (Å²) < 4.78 is 12.7. The van der Waals surface area contributed by atoms with Gasteiger partial charge in [-0.25, -0.2) is 4.39 Å². The first-order valence-corrected chi connectivity index (χ1v) is 5.67. The lowest BCUT2D eigenvalue weighted by Crippen LogP contribution is -2.38. The molecule has 94 valence electrons. The molecule has 0 aliphatic rings. The summed E-state index contributed by atoms with van der Waals surface area (Å²) in [5, 5.41) is 3.14. The van der Waals surface area contributed by atoms with E-state index >= 15 is 0 Å². The van der Waals surface area contributed by atoms with Crippen molar-refractivity contribution in [1.82, 2.24) is 10.2 Å². The van der Waals surface area contributed by atoms with Gasteiger partial charge in [0.05, 0.1) is 6.54 Å². The molecule has 1 N–H and O–H groups in total. The summed E-state index contributed by atoms with van der Waals surface area (Å²) in [6.45, 7) is 2.33. The zero-order chi connectivity index (χ0) is 12.8. The molecule has 1 amide bonds. The van der Waals surface area contributed by atoms with E-state index in [1.807, 2.05) is 6.92 Å². The number of likely N-dealkylation sites (N-methyl/N-ethyl adjacent to an activating group) is 1. The SMILES string of the molecule is CC(Cc1ccc(F)cc1)NCC(=O)N(C)C. The standard InChI is InChI=1S/C13H19FN2O/c1-10(15-9-13(17)16(2)3)8-11-4-6-12(14)7-5-11/h4-7,10,15H,8-9H2,1-3H3. The Labute approximate surface area is 102 Å². The maximum absolute atomic E-state index is 12.7. The molecule has 0 spiro atoms. The summed E-state index contributed by atoms with van der Waals surface area (Å²) in [7, 11) is 3.46. The minimum atomic E-state index is -0.225. The Hall–Kier alpha value is -1.42. The zero-order valence-electron chi connectivity index (χ0n) is 10.5. The maximum atomic E-state index is 12.7. The lowest BCUT2D eigenvalue weighted by atomic mass is 10.1. The predicted molar refractivity (Wildman–Crippen MR) is 66.3 cm³/mol. The van der Waals surface area contributed by atoms with Gasteiger partial charge >= 0.3 is 0 Å². The zero-order valence-corrected chi connectivity index (χ0v) is 10.5. The quantitative estimate of drug-likeness (QED) is 0.841. The molecule has 1 atom stereocenters. The lowest BCUT2D eigenvalue weighted by Gasteiger charge is -2.16. The Kier molecular flexibility index (Phi) is 5.10. The van der Waals surface area contributed by atoms with E-state index in [1.165, 1.54) is 12.1 Å². The van der Waals surface area contributed by atoms with Crippen molar-refractivity contribution in [3.8, 4) is 0 Å². The topological polar surface area (TPSA) is 32.3 Å². The number of benzene rings is 1. The molecular formula is C13H19FN2O. The Morgan fingerprint density at radius 1 is 1.35 bits per heavy atom. The van der Waals surface area contributed by atoms with Crippen molar-refractivity contribution in [2.24, 2.45) is 0 Å². The molecule has 4 heteroatoms. The molecule has 0 heterocycles. The van der Waals surface area contributed by atoms with E-state index in [2.05, 4.69) is 5.32 Å². The number of amides is 1. The summed E-state index contributed by atoms with van der Waals surface area (Å²) in [4.78, 5) is 12.9. The summed E-state index contributed by atoms with van der Waals surface area (Å²) in [6.07, 6.45) is 0.779. The smallest absolute Gasteiger partial charge is 0.236 e. The highest BCUT2D eigenvalue weighted by molar-refractivity contribution is 5.77. The van der Waals surface area contributed by atoms with Crippen molar-refractivity contribution < 1.29 is 9.18 Å². The molecule has 0 bridgehead atoms. The third-order valence-electron chi connectivity index (χ3n) is 2.56. The van der Waals surface area contributed by atoms with Crippen molar-refractivity contribution in [3.05, 3.63) is 35.6 Å². The van der Waals surface area contributed by atoms with Gasteiger partial charge in [0, 0.05) is 20.1 Å². The Balaban J connectivity index is 2.37. The fourth-order valence-electron chi connectivity index (χ4n) is 1.47. The van der Waals surface area contributed by atoms with E-state index in [0.29, 0.717) is 6.54 Å². The predicted octanol–water partition coefficient (Wildman–Crippen LogP) is 1.43. The monoisotopic (exact) mass is 238 g/mol. The molecule has 0 saturated carbocycles. The number of hydrogen-bond donors (Lipinski definition) is 1. The number of nitrogens with one attached hydrogen (secondary N) is 1. The second kappa shape index (κ2) is 6.35. The molecule has 3 nitrogen and oxygen atoms in total. The Morgan fingerprint density at radius 3 is 2.47 bits per heavy atom. The normalized spacial score (nSPS) is 12.2. The van der Waals surface area contributed by atoms with E-state index < -0.39 is 0 Å². The van der Waals surface area contributed by atoms with Crippen LogP contribution in [-0.2, 0) is 11.2 Å². The molecule has 1 rings (SSSR count). The molecule has 0 fully saturated rings. The molecule has 0 aliphatic carbocycles. The van der Waals surface area contributed by atoms with Gasteiger partial charge in [0.25, 0.3) is 0 Å². The van der Waals surface area contributed by atoms with Crippen molar-refractivity contribution in [1.29, 1.82) is 0 Å². The molecule has 0 radical (unpaired) electrons. The maximum Gasteiger partial charge on any atom is 0.236 e. The van der Waals surface area contributed by atoms with Gasteiger partial charge in [0.1, 0.15) is 5.82 Å². The largest absolute Gasteiger partial charge is 0.348 e. The van der Waals surface area contributed by atoms with Crippen molar-refractivity contribution >= 4 is 5.91 Å². The minimum absolute atomic E-state index is 0.0518. The lowest BCUT2D eigenvalue weighted by molar-refractivity contribution is -0.127. The number of nitrogens with zero attached hydrogens (tertiary/aromatic N) is 1. The third kappa shape index (κ3) is 4.95.